The lowest BCUT2D eigenvalue weighted by Gasteiger charge is -2.26. The maximum absolute atomic E-state index is 13.2. The predicted octanol–water partition coefficient (Wildman–Crippen LogP) is 4.32. The molecule has 0 saturated carbocycles. The number of ether oxygens (including phenoxy) is 1. The molecular formula is C28H28N4O4S. The van der Waals surface area contributed by atoms with Gasteiger partial charge in [-0.05, 0) is 59.9 Å². The number of rotatable bonds is 7. The molecule has 2 aromatic rings. The summed E-state index contributed by atoms with van der Waals surface area (Å²) in [5.74, 6) is 3.01. The van der Waals surface area contributed by atoms with Crippen LogP contribution in [0.2, 0.25) is 0 Å². The van der Waals surface area contributed by atoms with Crippen LogP contribution in [-0.4, -0.2) is 26.8 Å². The molecule has 0 fully saturated rings. The molecule has 4 rings (SSSR count). The van der Waals surface area contributed by atoms with Crippen molar-refractivity contribution < 1.29 is 17.9 Å². The third-order valence-electron chi connectivity index (χ3n) is 5.94. The van der Waals surface area contributed by atoms with E-state index in [1.54, 1.807) is 12.1 Å². The van der Waals surface area contributed by atoms with E-state index in [0.717, 1.165) is 17.6 Å². The lowest BCUT2D eigenvalue weighted by molar-refractivity contribution is -0.110. The third kappa shape index (κ3) is 6.17. The van der Waals surface area contributed by atoms with Crippen molar-refractivity contribution in [3.63, 3.8) is 0 Å². The zero-order valence-corrected chi connectivity index (χ0v) is 21.4. The first-order chi connectivity index (χ1) is 17.7. The zero-order chi connectivity index (χ0) is 26.6. The number of nitrogens with one attached hydrogen (secondary N) is 2. The summed E-state index contributed by atoms with van der Waals surface area (Å²) in [5.41, 5.74) is 3.98. The lowest BCUT2D eigenvalue weighted by Crippen LogP contribution is -2.33. The van der Waals surface area contributed by atoms with E-state index >= 15 is 0 Å². The second-order valence-electron chi connectivity index (χ2n) is 8.91. The molecule has 9 heteroatoms. The van der Waals surface area contributed by atoms with Crippen LogP contribution in [0.15, 0.2) is 87.8 Å². The molecule has 1 aliphatic carbocycles. The molecule has 1 amide bonds. The Hall–Kier alpha value is -4.13. The number of primary sulfonamides is 1. The Labute approximate surface area is 217 Å². The Morgan fingerprint density at radius 3 is 2.78 bits per heavy atom. The summed E-state index contributed by atoms with van der Waals surface area (Å²) in [6, 6.07) is 10.7. The maximum atomic E-state index is 13.2. The van der Waals surface area contributed by atoms with Crippen molar-refractivity contribution >= 4 is 33.1 Å². The average Bonchev–Trinajstić information content (AvgIpc) is 3.13. The number of nitrogens with two attached hydrogens (primary N) is 1. The van der Waals surface area contributed by atoms with Gasteiger partial charge in [0, 0.05) is 16.9 Å². The van der Waals surface area contributed by atoms with Gasteiger partial charge in [-0.25, -0.2) is 13.6 Å². The molecule has 0 aromatic heterocycles. The first kappa shape index (κ1) is 25.9. The molecule has 4 N–H and O–H groups in total. The molecule has 37 heavy (non-hydrogen) atoms. The van der Waals surface area contributed by atoms with Crippen LogP contribution in [0, 0.1) is 18.3 Å². The summed E-state index contributed by atoms with van der Waals surface area (Å²) in [6.45, 7) is 4.42. The SMILES string of the molecule is C#CCOc1ccc2c(c1)C(C1=CCC=C(C(C)C)C=C1)N=C(C(=O)Nc1cccc(S(N)(=O)=O)c1)N2. The van der Waals surface area contributed by atoms with E-state index in [1.165, 1.54) is 23.8 Å². The molecule has 1 unspecified atom stereocenters. The van der Waals surface area contributed by atoms with Crippen molar-refractivity contribution in [2.75, 3.05) is 17.2 Å². The number of fused-ring (bicyclic) bond motifs is 1. The fourth-order valence-corrected chi connectivity index (χ4v) is 4.61. The number of anilines is 2. The molecule has 1 aliphatic heterocycles. The van der Waals surface area contributed by atoms with E-state index in [1.807, 2.05) is 18.2 Å². The van der Waals surface area contributed by atoms with E-state index < -0.39 is 22.0 Å². The Balaban J connectivity index is 1.69. The highest BCUT2D eigenvalue weighted by Gasteiger charge is 2.28. The summed E-state index contributed by atoms with van der Waals surface area (Å²) in [6.07, 6.45) is 14.5. The summed E-state index contributed by atoms with van der Waals surface area (Å²) < 4.78 is 29.0. The highest BCUT2D eigenvalue weighted by atomic mass is 32.2. The van der Waals surface area contributed by atoms with Crippen LogP contribution in [-0.2, 0) is 14.8 Å². The van der Waals surface area contributed by atoms with E-state index in [9.17, 15) is 13.2 Å². The molecule has 2 aromatic carbocycles. The van der Waals surface area contributed by atoms with E-state index in [-0.39, 0.29) is 23.0 Å². The van der Waals surface area contributed by atoms with Crippen molar-refractivity contribution in [3.05, 3.63) is 83.5 Å². The number of benzene rings is 2. The molecule has 0 spiro atoms. The number of hydrogen-bond donors (Lipinski definition) is 3. The zero-order valence-electron chi connectivity index (χ0n) is 20.6. The number of terminal acetylenes is 1. The minimum absolute atomic E-state index is 0.0893. The van der Waals surface area contributed by atoms with Gasteiger partial charge in [-0.15, -0.1) is 6.42 Å². The fourth-order valence-electron chi connectivity index (χ4n) is 4.06. The second kappa shape index (κ2) is 10.9. The van der Waals surface area contributed by atoms with Crippen LogP contribution in [0.25, 0.3) is 0 Å². The summed E-state index contributed by atoms with van der Waals surface area (Å²) >= 11 is 0. The topological polar surface area (TPSA) is 123 Å². The van der Waals surface area contributed by atoms with Crippen LogP contribution < -0.4 is 20.5 Å². The van der Waals surface area contributed by atoms with Gasteiger partial charge >= 0.3 is 0 Å². The summed E-state index contributed by atoms with van der Waals surface area (Å²) in [5, 5.41) is 11.0. The van der Waals surface area contributed by atoms with Gasteiger partial charge in [0.1, 0.15) is 18.4 Å². The molecule has 0 radical (unpaired) electrons. The molecular weight excluding hydrogens is 488 g/mol. The second-order valence-corrected chi connectivity index (χ2v) is 10.5. The molecule has 8 nitrogen and oxygen atoms in total. The van der Waals surface area contributed by atoms with Crippen LogP contribution in [0.3, 0.4) is 0 Å². The normalized spacial score (nSPS) is 16.8. The minimum Gasteiger partial charge on any atom is -0.481 e. The van der Waals surface area contributed by atoms with E-state index in [0.29, 0.717) is 17.4 Å². The van der Waals surface area contributed by atoms with Crippen LogP contribution >= 0.6 is 0 Å². The lowest BCUT2D eigenvalue weighted by atomic mass is 9.94. The summed E-state index contributed by atoms with van der Waals surface area (Å²) in [7, 11) is -3.92. The monoisotopic (exact) mass is 516 g/mol. The quantitative estimate of drug-likeness (QED) is 0.473. The van der Waals surface area contributed by atoms with E-state index in [2.05, 4.69) is 48.6 Å². The number of amides is 1. The molecule has 2 aliphatic rings. The van der Waals surface area contributed by atoms with Crippen LogP contribution in [0.4, 0.5) is 11.4 Å². The van der Waals surface area contributed by atoms with Gasteiger partial charge in [0.15, 0.2) is 5.84 Å². The van der Waals surface area contributed by atoms with Gasteiger partial charge in [0.25, 0.3) is 5.91 Å². The van der Waals surface area contributed by atoms with E-state index in [4.69, 9.17) is 21.3 Å². The average molecular weight is 517 g/mol. The van der Waals surface area contributed by atoms with Gasteiger partial charge in [-0.2, -0.15) is 0 Å². The van der Waals surface area contributed by atoms with Gasteiger partial charge in [0.2, 0.25) is 10.0 Å². The van der Waals surface area contributed by atoms with Crippen molar-refractivity contribution in [1.29, 1.82) is 0 Å². The van der Waals surface area contributed by atoms with Gasteiger partial charge < -0.3 is 15.4 Å². The Morgan fingerprint density at radius 1 is 1.24 bits per heavy atom. The Bertz CT molecular complexity index is 1490. The number of hydrogen-bond acceptors (Lipinski definition) is 6. The maximum Gasteiger partial charge on any atom is 0.291 e. The molecule has 1 atom stereocenters. The number of allylic oxidation sites excluding steroid dienone is 4. The number of nitrogens with zero attached hydrogens (tertiary/aromatic N) is 1. The summed E-state index contributed by atoms with van der Waals surface area (Å²) in [4.78, 5) is 17.9. The number of carbonyl (C=O) groups is 1. The standard InChI is InChI=1S/C28H28N4O4S/c1-4-15-36-22-13-14-25-24(17-22)26(20-8-5-7-19(11-12-20)18(2)3)32-27(31-25)28(33)30-21-9-6-10-23(16-21)37(29,34)35/h1,6-14,16-18,26H,5,15H2,2-3H3,(H,30,33)(H,31,32)(H2,29,34,35). The number of amidine groups is 1. The highest BCUT2D eigenvalue weighted by molar-refractivity contribution is 7.89. The predicted molar refractivity (Wildman–Crippen MR) is 146 cm³/mol. The molecule has 1 heterocycles. The van der Waals surface area contributed by atoms with Crippen LogP contribution in [0.5, 0.6) is 5.75 Å². The molecule has 0 bridgehead atoms. The first-order valence-electron chi connectivity index (χ1n) is 11.7. The number of aliphatic imine (C=N–C) groups is 1. The molecule has 190 valence electrons. The fraction of sp³-hybridized carbons (Fsp3) is 0.214. The van der Waals surface area contributed by atoms with Crippen LogP contribution in [0.1, 0.15) is 31.9 Å². The first-order valence-corrected chi connectivity index (χ1v) is 13.3. The van der Waals surface area contributed by atoms with Gasteiger partial charge in [-0.3, -0.25) is 9.79 Å². The van der Waals surface area contributed by atoms with Crippen molar-refractivity contribution in [2.45, 2.75) is 31.2 Å². The van der Waals surface area contributed by atoms with Gasteiger partial charge in [0.05, 0.1) is 4.90 Å². The van der Waals surface area contributed by atoms with Crippen molar-refractivity contribution in [3.8, 4) is 18.1 Å². The Kier molecular flexibility index (Phi) is 7.62. The highest BCUT2D eigenvalue weighted by Crippen LogP contribution is 2.39. The third-order valence-corrected chi connectivity index (χ3v) is 6.86. The van der Waals surface area contributed by atoms with Crippen molar-refractivity contribution in [1.82, 2.24) is 0 Å². The largest absolute Gasteiger partial charge is 0.481 e. The number of carbonyl (C=O) groups excluding carboxylic acids is 1. The van der Waals surface area contributed by atoms with Gasteiger partial charge in [-0.1, -0.05) is 50.1 Å². The Morgan fingerprint density at radius 2 is 2.05 bits per heavy atom. The smallest absolute Gasteiger partial charge is 0.291 e. The van der Waals surface area contributed by atoms with Crippen molar-refractivity contribution in [2.24, 2.45) is 16.0 Å². The molecule has 0 saturated heterocycles. The minimum atomic E-state index is -3.92. The number of sulfonamides is 1.